The Labute approximate surface area is 166 Å². The molecule has 1 aliphatic carbocycles. The fourth-order valence-electron chi connectivity index (χ4n) is 2.37. The van der Waals surface area contributed by atoms with E-state index in [0.29, 0.717) is 27.7 Å². The molecule has 0 bridgehead atoms. The number of carbonyl (C=O) groups excluding carboxylic acids is 2. The van der Waals surface area contributed by atoms with Crippen LogP contribution in [0.3, 0.4) is 0 Å². The van der Waals surface area contributed by atoms with Gasteiger partial charge in [-0.25, -0.2) is 0 Å². The Morgan fingerprint density at radius 3 is 2.42 bits per heavy atom. The number of ether oxygens (including phenoxy) is 2. The molecular weight excluding hydrogens is 508 g/mol. The zero-order valence-electron chi connectivity index (χ0n) is 13.1. The van der Waals surface area contributed by atoms with E-state index in [0.717, 1.165) is 17.3 Å². The first kappa shape index (κ1) is 19.7. The third-order valence-electron chi connectivity index (χ3n) is 3.92. The van der Waals surface area contributed by atoms with E-state index in [-0.39, 0.29) is 5.92 Å². The fraction of sp³-hybridized carbons (Fsp3) is 0.412. The van der Waals surface area contributed by atoms with Gasteiger partial charge in [0.15, 0.2) is 11.2 Å². The van der Waals surface area contributed by atoms with Gasteiger partial charge in [0.05, 0.1) is 15.6 Å². The molecule has 1 aromatic carbocycles. The molecule has 0 radical (unpaired) electrons. The fourth-order valence-corrected chi connectivity index (χ4v) is 4.79. The molecule has 4 nitrogen and oxygen atoms in total. The first-order valence-electron chi connectivity index (χ1n) is 7.53. The maximum Gasteiger partial charge on any atom is 0.329 e. The molecule has 0 amide bonds. The Hall–Kier alpha value is -0.660. The highest BCUT2D eigenvalue weighted by atomic mass is 79.9. The van der Waals surface area contributed by atoms with E-state index in [2.05, 4.69) is 54.4 Å². The summed E-state index contributed by atoms with van der Waals surface area (Å²) in [7, 11) is 0. The third kappa shape index (κ3) is 3.94. The quantitative estimate of drug-likeness (QED) is 0.157. The normalized spacial score (nSPS) is 21.9. The predicted octanol–water partition coefficient (Wildman–Crippen LogP) is 5.42. The van der Waals surface area contributed by atoms with Gasteiger partial charge in [-0.2, -0.15) is 0 Å². The predicted molar refractivity (Wildman–Crippen MR) is 102 cm³/mol. The van der Waals surface area contributed by atoms with E-state index in [1.165, 1.54) is 0 Å². The second-order valence-electron chi connectivity index (χ2n) is 5.60. The van der Waals surface area contributed by atoms with Crippen molar-refractivity contribution >= 4 is 59.7 Å². The molecule has 1 aliphatic rings. The Morgan fingerprint density at radius 1 is 1.29 bits per heavy atom. The average Bonchev–Trinajstić information content (AvgIpc) is 3.26. The number of hydrogen-bond acceptors (Lipinski definition) is 4. The van der Waals surface area contributed by atoms with Crippen molar-refractivity contribution in [2.24, 2.45) is 11.3 Å². The van der Waals surface area contributed by atoms with Crippen LogP contribution in [0.15, 0.2) is 38.2 Å². The number of esters is 2. The highest BCUT2D eigenvalue weighted by molar-refractivity contribution is 9.11. The van der Waals surface area contributed by atoms with Gasteiger partial charge < -0.3 is 9.47 Å². The summed E-state index contributed by atoms with van der Waals surface area (Å²) in [6.45, 7) is 6.00. The zero-order chi connectivity index (χ0) is 17.9. The zero-order valence-corrected chi connectivity index (χ0v) is 17.9. The van der Waals surface area contributed by atoms with Crippen molar-refractivity contribution in [2.75, 3.05) is 6.61 Å². The van der Waals surface area contributed by atoms with Crippen LogP contribution >= 0.6 is 47.8 Å². The summed E-state index contributed by atoms with van der Waals surface area (Å²) in [5, 5.41) is 0. The summed E-state index contributed by atoms with van der Waals surface area (Å²) < 4.78 is 12.8. The molecule has 24 heavy (non-hydrogen) atoms. The van der Waals surface area contributed by atoms with Gasteiger partial charge in [-0.05, 0) is 56.8 Å². The molecular formula is C17H17Br3O4. The second-order valence-corrected chi connectivity index (χ2v) is 8.22. The first-order valence-corrected chi connectivity index (χ1v) is 9.91. The molecule has 0 N–H and O–H groups in total. The van der Waals surface area contributed by atoms with Crippen LogP contribution < -0.4 is 4.74 Å². The summed E-state index contributed by atoms with van der Waals surface area (Å²) in [5.41, 5.74) is -1.28. The minimum Gasteiger partial charge on any atom is -0.465 e. The highest BCUT2D eigenvalue weighted by Gasteiger charge is 2.67. The minimum atomic E-state index is -1.28. The van der Waals surface area contributed by atoms with Crippen molar-refractivity contribution in [3.8, 4) is 5.75 Å². The third-order valence-corrected chi connectivity index (χ3v) is 5.55. The highest BCUT2D eigenvalue weighted by Crippen LogP contribution is 2.55. The standard InChI is InChI=1S/C17H17Br3O4/c1-3-5-6-23-15(21)17(9-10(17)4-2)16(22)24-14-12(19)7-11(18)8-13(14)20/h4,7-8,10H,2-3,5-6,9H2,1H3. The number of allylic oxidation sites excluding steroid dienone is 1. The molecule has 0 aliphatic heterocycles. The van der Waals surface area contributed by atoms with Gasteiger partial charge in [0.2, 0.25) is 0 Å². The SMILES string of the molecule is C=CC1CC1(C(=O)OCCCC)C(=O)Oc1c(Br)cc(Br)cc1Br. The van der Waals surface area contributed by atoms with Crippen molar-refractivity contribution in [1.82, 2.24) is 0 Å². The Balaban J connectivity index is 2.19. The molecule has 7 heteroatoms. The van der Waals surface area contributed by atoms with E-state index < -0.39 is 17.4 Å². The van der Waals surface area contributed by atoms with E-state index in [4.69, 9.17) is 9.47 Å². The maximum atomic E-state index is 12.7. The van der Waals surface area contributed by atoms with Crippen LogP contribution in [0.4, 0.5) is 0 Å². The number of halogens is 3. The Morgan fingerprint density at radius 2 is 1.92 bits per heavy atom. The summed E-state index contributed by atoms with van der Waals surface area (Å²) in [6, 6.07) is 3.52. The average molecular weight is 525 g/mol. The monoisotopic (exact) mass is 522 g/mol. The topological polar surface area (TPSA) is 52.6 Å². The number of carbonyl (C=O) groups is 2. The first-order chi connectivity index (χ1) is 11.4. The smallest absolute Gasteiger partial charge is 0.329 e. The van der Waals surface area contributed by atoms with Gasteiger partial charge in [0.1, 0.15) is 0 Å². The number of benzene rings is 1. The molecule has 2 atom stereocenters. The van der Waals surface area contributed by atoms with Crippen molar-refractivity contribution < 1.29 is 19.1 Å². The summed E-state index contributed by atoms with van der Waals surface area (Å²) >= 11 is 10.1. The number of unbranched alkanes of at least 4 members (excludes halogenated alkanes) is 1. The lowest BCUT2D eigenvalue weighted by Gasteiger charge is -2.16. The molecule has 130 valence electrons. The van der Waals surface area contributed by atoms with Crippen molar-refractivity contribution in [2.45, 2.75) is 26.2 Å². The van der Waals surface area contributed by atoms with Crippen LogP contribution in [0.5, 0.6) is 5.75 Å². The number of rotatable bonds is 7. The molecule has 1 aromatic rings. The summed E-state index contributed by atoms with van der Waals surface area (Å²) in [6.07, 6.45) is 3.65. The van der Waals surface area contributed by atoms with E-state index in [9.17, 15) is 9.59 Å². The van der Waals surface area contributed by atoms with E-state index >= 15 is 0 Å². The van der Waals surface area contributed by atoms with Gasteiger partial charge in [0, 0.05) is 10.4 Å². The summed E-state index contributed by atoms with van der Waals surface area (Å²) in [4.78, 5) is 25.1. The molecule has 0 aromatic heterocycles. The van der Waals surface area contributed by atoms with Crippen LogP contribution in [-0.4, -0.2) is 18.5 Å². The molecule has 2 rings (SSSR count). The minimum absolute atomic E-state index is 0.257. The van der Waals surface area contributed by atoms with E-state index in [1.54, 1.807) is 18.2 Å². The molecule has 1 saturated carbocycles. The summed E-state index contributed by atoms with van der Waals surface area (Å²) in [5.74, 6) is -1.07. The van der Waals surface area contributed by atoms with Crippen LogP contribution in [-0.2, 0) is 14.3 Å². The van der Waals surface area contributed by atoms with Crippen molar-refractivity contribution in [3.63, 3.8) is 0 Å². The van der Waals surface area contributed by atoms with Crippen LogP contribution in [0.2, 0.25) is 0 Å². The Kier molecular flexibility index (Phi) is 6.67. The Bertz CT molecular complexity index is 651. The lowest BCUT2D eigenvalue weighted by Crippen LogP contribution is -2.33. The van der Waals surface area contributed by atoms with Gasteiger partial charge in [0.25, 0.3) is 0 Å². The number of hydrogen-bond donors (Lipinski definition) is 0. The van der Waals surface area contributed by atoms with E-state index in [1.807, 2.05) is 6.92 Å². The molecule has 0 spiro atoms. The molecule has 1 fully saturated rings. The van der Waals surface area contributed by atoms with Gasteiger partial charge in [-0.15, -0.1) is 6.58 Å². The van der Waals surface area contributed by atoms with Crippen molar-refractivity contribution in [1.29, 1.82) is 0 Å². The molecule has 0 saturated heterocycles. The lowest BCUT2D eigenvalue weighted by atomic mass is 10.0. The largest absolute Gasteiger partial charge is 0.465 e. The molecule has 2 unspecified atom stereocenters. The second kappa shape index (κ2) is 8.15. The van der Waals surface area contributed by atoms with Crippen LogP contribution in [0.1, 0.15) is 26.2 Å². The van der Waals surface area contributed by atoms with Gasteiger partial charge in [-0.1, -0.05) is 35.4 Å². The van der Waals surface area contributed by atoms with Crippen LogP contribution in [0, 0.1) is 11.3 Å². The maximum absolute atomic E-state index is 12.7. The lowest BCUT2D eigenvalue weighted by molar-refractivity contribution is -0.160. The van der Waals surface area contributed by atoms with Gasteiger partial charge in [-0.3, -0.25) is 9.59 Å². The van der Waals surface area contributed by atoms with Crippen LogP contribution in [0.25, 0.3) is 0 Å². The van der Waals surface area contributed by atoms with Gasteiger partial charge >= 0.3 is 11.9 Å². The molecule has 0 heterocycles. The van der Waals surface area contributed by atoms with Crippen molar-refractivity contribution in [3.05, 3.63) is 38.2 Å².